The Morgan fingerprint density at radius 3 is 2.79 bits per heavy atom. The van der Waals surface area contributed by atoms with Crippen molar-refractivity contribution in [3.63, 3.8) is 0 Å². The lowest BCUT2D eigenvalue weighted by atomic mass is 10.1. The minimum Gasteiger partial charge on any atom is -0.493 e. The molecule has 24 heavy (non-hydrogen) atoms. The predicted octanol–water partition coefficient (Wildman–Crippen LogP) is 2.50. The summed E-state index contributed by atoms with van der Waals surface area (Å²) in [6.07, 6.45) is 3.95. The molecule has 0 unspecified atom stereocenters. The van der Waals surface area contributed by atoms with Crippen LogP contribution in [0.25, 0.3) is 0 Å². The van der Waals surface area contributed by atoms with Crippen LogP contribution in [0.3, 0.4) is 0 Å². The molecule has 0 aromatic heterocycles. The van der Waals surface area contributed by atoms with Crippen LogP contribution in [0, 0.1) is 0 Å². The Morgan fingerprint density at radius 2 is 2.12 bits per heavy atom. The molecule has 0 bridgehead atoms. The average Bonchev–Trinajstić information content (AvgIpc) is 3.13. The third kappa shape index (κ3) is 5.30. The molecule has 0 radical (unpaired) electrons. The predicted molar refractivity (Wildman–Crippen MR) is 92.8 cm³/mol. The van der Waals surface area contributed by atoms with Crippen molar-refractivity contribution in [3.05, 3.63) is 23.8 Å². The van der Waals surface area contributed by atoms with E-state index >= 15 is 0 Å². The van der Waals surface area contributed by atoms with E-state index in [1.807, 2.05) is 25.1 Å². The van der Waals surface area contributed by atoms with Crippen molar-refractivity contribution in [1.29, 1.82) is 0 Å². The van der Waals surface area contributed by atoms with Crippen LogP contribution in [-0.4, -0.2) is 45.5 Å². The number of amides is 2. The number of carbonyl (C=O) groups excluding carboxylic acids is 1. The summed E-state index contributed by atoms with van der Waals surface area (Å²) in [6, 6.07) is 5.79. The first kappa shape index (κ1) is 18.4. The number of carbonyl (C=O) groups is 1. The van der Waals surface area contributed by atoms with E-state index in [2.05, 4.69) is 10.6 Å². The number of benzene rings is 1. The molecule has 6 heteroatoms. The van der Waals surface area contributed by atoms with Gasteiger partial charge in [-0.2, -0.15) is 0 Å². The quantitative estimate of drug-likeness (QED) is 0.716. The fourth-order valence-electron chi connectivity index (χ4n) is 2.88. The highest BCUT2D eigenvalue weighted by Gasteiger charge is 2.23. The molecule has 1 aromatic carbocycles. The van der Waals surface area contributed by atoms with Crippen molar-refractivity contribution in [2.24, 2.45) is 0 Å². The summed E-state index contributed by atoms with van der Waals surface area (Å²) in [6.45, 7) is 3.40. The van der Waals surface area contributed by atoms with Gasteiger partial charge in [0, 0.05) is 13.2 Å². The molecular formula is C18H28N2O4. The molecule has 2 N–H and O–H groups in total. The Balaban J connectivity index is 1.67. The molecule has 1 aliphatic rings. The van der Waals surface area contributed by atoms with Gasteiger partial charge in [0.25, 0.3) is 0 Å². The maximum Gasteiger partial charge on any atom is 0.315 e. The Morgan fingerprint density at radius 1 is 1.33 bits per heavy atom. The molecule has 1 saturated heterocycles. The second kappa shape index (κ2) is 9.37. The third-order valence-corrected chi connectivity index (χ3v) is 4.26. The second-order valence-electron chi connectivity index (χ2n) is 6.03. The molecule has 1 aliphatic heterocycles. The summed E-state index contributed by atoms with van der Waals surface area (Å²) in [4.78, 5) is 11.9. The first-order chi connectivity index (χ1) is 11.6. The zero-order chi connectivity index (χ0) is 17.4. The van der Waals surface area contributed by atoms with Gasteiger partial charge in [-0.15, -0.1) is 0 Å². The van der Waals surface area contributed by atoms with E-state index in [4.69, 9.17) is 14.2 Å². The van der Waals surface area contributed by atoms with E-state index in [0.717, 1.165) is 49.4 Å². The smallest absolute Gasteiger partial charge is 0.315 e. The van der Waals surface area contributed by atoms with Crippen LogP contribution in [0.1, 0.15) is 31.7 Å². The van der Waals surface area contributed by atoms with Crippen LogP contribution in [0.5, 0.6) is 11.5 Å². The van der Waals surface area contributed by atoms with Gasteiger partial charge in [-0.1, -0.05) is 6.07 Å². The van der Waals surface area contributed by atoms with E-state index < -0.39 is 0 Å². The number of methoxy groups -OCH3 is 2. The van der Waals surface area contributed by atoms with Gasteiger partial charge in [-0.05, 0) is 50.3 Å². The fourth-order valence-corrected chi connectivity index (χ4v) is 2.88. The Hall–Kier alpha value is -1.95. The number of ether oxygens (including phenoxy) is 3. The van der Waals surface area contributed by atoms with E-state index in [9.17, 15) is 4.79 Å². The van der Waals surface area contributed by atoms with Crippen LogP contribution in [-0.2, 0) is 11.2 Å². The summed E-state index contributed by atoms with van der Waals surface area (Å²) in [5, 5.41) is 5.84. The van der Waals surface area contributed by atoms with Crippen molar-refractivity contribution in [2.75, 3.05) is 27.4 Å². The molecule has 134 valence electrons. The second-order valence-corrected chi connectivity index (χ2v) is 6.03. The Kier molecular flexibility index (Phi) is 7.18. The van der Waals surface area contributed by atoms with Crippen LogP contribution in [0.2, 0.25) is 0 Å². The average molecular weight is 336 g/mol. The summed E-state index contributed by atoms with van der Waals surface area (Å²) < 4.78 is 16.1. The van der Waals surface area contributed by atoms with Crippen molar-refractivity contribution >= 4 is 6.03 Å². The van der Waals surface area contributed by atoms with Crippen LogP contribution < -0.4 is 20.1 Å². The maximum absolute atomic E-state index is 11.9. The fraction of sp³-hybridized carbons (Fsp3) is 0.611. The van der Waals surface area contributed by atoms with Gasteiger partial charge in [0.1, 0.15) is 0 Å². The van der Waals surface area contributed by atoms with E-state index in [0.29, 0.717) is 6.54 Å². The van der Waals surface area contributed by atoms with Gasteiger partial charge >= 0.3 is 6.03 Å². The Bertz CT molecular complexity index is 530. The SMILES string of the molecule is COc1ccc(CCCNC(=O)N[C@H](C)[C@H]2CCCO2)cc1OC. The van der Waals surface area contributed by atoms with Crippen molar-refractivity contribution < 1.29 is 19.0 Å². The van der Waals surface area contributed by atoms with Crippen molar-refractivity contribution in [1.82, 2.24) is 10.6 Å². The first-order valence-corrected chi connectivity index (χ1v) is 8.51. The molecule has 2 rings (SSSR count). The topological polar surface area (TPSA) is 68.8 Å². The number of urea groups is 1. The molecule has 1 heterocycles. The molecule has 1 aromatic rings. The normalized spacial score (nSPS) is 18.0. The van der Waals surface area contributed by atoms with E-state index in [-0.39, 0.29) is 18.2 Å². The van der Waals surface area contributed by atoms with E-state index in [1.54, 1.807) is 14.2 Å². The summed E-state index contributed by atoms with van der Waals surface area (Å²) >= 11 is 0. The number of aryl methyl sites for hydroxylation is 1. The van der Waals surface area contributed by atoms with Crippen LogP contribution in [0.15, 0.2) is 18.2 Å². The lowest BCUT2D eigenvalue weighted by Crippen LogP contribution is -2.46. The first-order valence-electron chi connectivity index (χ1n) is 8.51. The number of rotatable bonds is 8. The highest BCUT2D eigenvalue weighted by Crippen LogP contribution is 2.27. The minimum atomic E-state index is -0.134. The number of nitrogens with one attached hydrogen (secondary N) is 2. The molecule has 0 aliphatic carbocycles. The highest BCUT2D eigenvalue weighted by molar-refractivity contribution is 5.74. The van der Waals surface area contributed by atoms with E-state index in [1.165, 1.54) is 0 Å². The van der Waals surface area contributed by atoms with Gasteiger partial charge in [-0.3, -0.25) is 0 Å². The van der Waals surface area contributed by atoms with Gasteiger partial charge in [-0.25, -0.2) is 4.79 Å². The summed E-state index contributed by atoms with van der Waals surface area (Å²) in [5.74, 6) is 1.45. The lowest BCUT2D eigenvalue weighted by Gasteiger charge is -2.20. The third-order valence-electron chi connectivity index (χ3n) is 4.26. The van der Waals surface area contributed by atoms with Crippen LogP contribution >= 0.6 is 0 Å². The molecule has 2 amide bonds. The number of hydrogen-bond acceptors (Lipinski definition) is 4. The van der Waals surface area contributed by atoms with Gasteiger partial charge in [0.2, 0.25) is 0 Å². The van der Waals surface area contributed by atoms with Crippen LogP contribution in [0.4, 0.5) is 4.79 Å². The van der Waals surface area contributed by atoms with Gasteiger partial charge in [0.15, 0.2) is 11.5 Å². The monoisotopic (exact) mass is 336 g/mol. The molecule has 1 fully saturated rings. The molecule has 2 atom stereocenters. The minimum absolute atomic E-state index is 0.0401. The molecular weight excluding hydrogens is 308 g/mol. The van der Waals surface area contributed by atoms with Crippen molar-refractivity contribution in [3.8, 4) is 11.5 Å². The Labute approximate surface area is 143 Å². The summed E-state index contributed by atoms with van der Waals surface area (Å²) in [5.41, 5.74) is 1.16. The van der Waals surface area contributed by atoms with Crippen molar-refractivity contribution in [2.45, 2.75) is 44.8 Å². The molecule has 6 nitrogen and oxygen atoms in total. The number of hydrogen-bond donors (Lipinski definition) is 2. The lowest BCUT2D eigenvalue weighted by molar-refractivity contribution is 0.0860. The zero-order valence-electron chi connectivity index (χ0n) is 14.8. The maximum atomic E-state index is 11.9. The van der Waals surface area contributed by atoms with Gasteiger partial charge in [0.05, 0.1) is 26.4 Å². The zero-order valence-corrected chi connectivity index (χ0v) is 14.8. The standard InChI is InChI=1S/C18H28N2O4/c1-13(15-7-5-11-24-15)20-18(21)19-10-4-6-14-8-9-16(22-2)17(12-14)23-3/h8-9,12-13,15H,4-7,10-11H2,1-3H3,(H2,19,20,21)/t13-,15-/m1/s1. The molecule has 0 saturated carbocycles. The van der Waals surface area contributed by atoms with Gasteiger partial charge < -0.3 is 24.8 Å². The molecule has 0 spiro atoms. The summed E-state index contributed by atoms with van der Waals surface area (Å²) in [7, 11) is 3.25. The largest absolute Gasteiger partial charge is 0.493 e. The highest BCUT2D eigenvalue weighted by atomic mass is 16.5.